The third kappa shape index (κ3) is 2.46. The van der Waals surface area contributed by atoms with Crippen LogP contribution >= 0.6 is 0 Å². The van der Waals surface area contributed by atoms with Gasteiger partial charge < -0.3 is 9.84 Å². The number of aliphatic hydroxyl groups is 1. The van der Waals surface area contributed by atoms with E-state index in [4.69, 9.17) is 9.84 Å². The van der Waals surface area contributed by atoms with Crippen LogP contribution in [0.15, 0.2) is 18.2 Å². The van der Waals surface area contributed by atoms with Gasteiger partial charge in [0.15, 0.2) is 0 Å². The van der Waals surface area contributed by atoms with Gasteiger partial charge in [-0.25, -0.2) is 0 Å². The summed E-state index contributed by atoms with van der Waals surface area (Å²) < 4.78 is 5.37. The Morgan fingerprint density at radius 3 is 2.62 bits per heavy atom. The summed E-state index contributed by atoms with van der Waals surface area (Å²) in [6.07, 6.45) is 0.986. The van der Waals surface area contributed by atoms with Crippen molar-refractivity contribution in [1.82, 2.24) is 0 Å². The number of ether oxygens (including phenoxy) is 1. The van der Waals surface area contributed by atoms with E-state index < -0.39 is 0 Å². The molecule has 1 aromatic rings. The van der Waals surface area contributed by atoms with E-state index in [1.165, 1.54) is 5.56 Å². The molecule has 0 aromatic heterocycles. The van der Waals surface area contributed by atoms with Gasteiger partial charge in [0, 0.05) is 5.56 Å². The fourth-order valence-corrected chi connectivity index (χ4v) is 1.27. The Morgan fingerprint density at radius 1 is 1.31 bits per heavy atom. The first kappa shape index (κ1) is 10.1. The van der Waals surface area contributed by atoms with Gasteiger partial charge in [-0.2, -0.15) is 0 Å². The van der Waals surface area contributed by atoms with E-state index in [1.54, 1.807) is 0 Å². The van der Waals surface area contributed by atoms with Crippen LogP contribution in [0.4, 0.5) is 0 Å². The summed E-state index contributed by atoms with van der Waals surface area (Å²) in [5.74, 6) is 0.794. The highest BCUT2D eigenvalue weighted by Gasteiger charge is 2.02. The van der Waals surface area contributed by atoms with Crippen molar-refractivity contribution in [2.75, 3.05) is 6.61 Å². The second kappa shape index (κ2) is 4.87. The van der Waals surface area contributed by atoms with E-state index >= 15 is 0 Å². The Bertz CT molecular complexity index is 269. The second-order valence-electron chi connectivity index (χ2n) is 2.89. The average Bonchev–Trinajstić information content (AvgIpc) is 2.19. The van der Waals surface area contributed by atoms with Crippen molar-refractivity contribution >= 4 is 0 Å². The zero-order chi connectivity index (χ0) is 9.68. The lowest BCUT2D eigenvalue weighted by molar-refractivity contribution is 0.267. The third-order valence-electron chi connectivity index (χ3n) is 2.00. The maximum absolute atomic E-state index is 9.09. The van der Waals surface area contributed by atoms with Crippen LogP contribution in [-0.4, -0.2) is 11.7 Å². The normalized spacial score (nSPS) is 10.1. The summed E-state index contributed by atoms with van der Waals surface area (Å²) in [4.78, 5) is 0. The predicted octanol–water partition coefficient (Wildman–Crippen LogP) is 2.14. The lowest BCUT2D eigenvalue weighted by Crippen LogP contribution is -1.97. The fourth-order valence-electron chi connectivity index (χ4n) is 1.27. The SMILES string of the molecule is CCOc1ccc(CC)cc1CO. The largest absolute Gasteiger partial charge is 0.494 e. The molecule has 0 aliphatic rings. The van der Waals surface area contributed by atoms with Crippen LogP contribution in [0.3, 0.4) is 0 Å². The summed E-state index contributed by atoms with van der Waals surface area (Å²) in [6.45, 7) is 4.72. The first-order valence-corrected chi connectivity index (χ1v) is 4.67. The van der Waals surface area contributed by atoms with Crippen molar-refractivity contribution < 1.29 is 9.84 Å². The summed E-state index contributed by atoms with van der Waals surface area (Å²) in [5, 5.41) is 9.09. The number of hydrogen-bond donors (Lipinski definition) is 1. The minimum atomic E-state index is 0.0448. The van der Waals surface area contributed by atoms with Crippen molar-refractivity contribution in [3.8, 4) is 5.75 Å². The van der Waals surface area contributed by atoms with E-state index in [9.17, 15) is 0 Å². The Hall–Kier alpha value is -1.02. The lowest BCUT2D eigenvalue weighted by atomic mass is 10.1. The Labute approximate surface area is 79.2 Å². The van der Waals surface area contributed by atoms with E-state index in [2.05, 4.69) is 6.92 Å². The zero-order valence-corrected chi connectivity index (χ0v) is 8.21. The number of hydrogen-bond acceptors (Lipinski definition) is 2. The molecule has 0 heterocycles. The number of aliphatic hydroxyl groups excluding tert-OH is 1. The second-order valence-corrected chi connectivity index (χ2v) is 2.89. The molecule has 0 unspecified atom stereocenters. The molecular formula is C11H16O2. The highest BCUT2D eigenvalue weighted by molar-refractivity contribution is 5.36. The predicted molar refractivity (Wildman–Crippen MR) is 52.9 cm³/mol. The Balaban J connectivity index is 2.93. The van der Waals surface area contributed by atoms with Gasteiger partial charge in [-0.3, -0.25) is 0 Å². The minimum Gasteiger partial charge on any atom is -0.494 e. The number of rotatable bonds is 4. The van der Waals surface area contributed by atoms with Crippen LogP contribution in [0.5, 0.6) is 5.75 Å². The molecule has 1 aromatic carbocycles. The van der Waals surface area contributed by atoms with E-state index in [-0.39, 0.29) is 6.61 Å². The van der Waals surface area contributed by atoms with Crippen LogP contribution in [-0.2, 0) is 13.0 Å². The maximum Gasteiger partial charge on any atom is 0.124 e. The molecule has 72 valence electrons. The first-order valence-electron chi connectivity index (χ1n) is 4.67. The van der Waals surface area contributed by atoms with Crippen LogP contribution < -0.4 is 4.74 Å². The molecule has 0 saturated heterocycles. The quantitative estimate of drug-likeness (QED) is 0.769. The van der Waals surface area contributed by atoms with Crippen molar-refractivity contribution in [3.05, 3.63) is 29.3 Å². The van der Waals surface area contributed by atoms with Gasteiger partial charge in [-0.1, -0.05) is 13.0 Å². The molecule has 0 spiro atoms. The van der Waals surface area contributed by atoms with Gasteiger partial charge in [0.25, 0.3) is 0 Å². The highest BCUT2D eigenvalue weighted by atomic mass is 16.5. The van der Waals surface area contributed by atoms with Gasteiger partial charge in [0.2, 0.25) is 0 Å². The van der Waals surface area contributed by atoms with Crippen molar-refractivity contribution in [2.45, 2.75) is 26.9 Å². The Morgan fingerprint density at radius 2 is 2.08 bits per heavy atom. The standard InChI is InChI=1S/C11H16O2/c1-3-9-5-6-11(13-4-2)10(7-9)8-12/h5-7,12H,3-4,8H2,1-2H3. The molecule has 0 aliphatic heterocycles. The minimum absolute atomic E-state index is 0.0448. The van der Waals surface area contributed by atoms with E-state index in [0.717, 1.165) is 17.7 Å². The highest BCUT2D eigenvalue weighted by Crippen LogP contribution is 2.20. The molecule has 0 aliphatic carbocycles. The molecule has 0 atom stereocenters. The van der Waals surface area contributed by atoms with Crippen molar-refractivity contribution in [2.24, 2.45) is 0 Å². The summed E-state index contributed by atoms with van der Waals surface area (Å²) in [7, 11) is 0. The molecule has 1 rings (SSSR count). The first-order chi connectivity index (χ1) is 6.31. The monoisotopic (exact) mass is 180 g/mol. The molecule has 2 heteroatoms. The molecule has 13 heavy (non-hydrogen) atoms. The molecule has 0 fully saturated rings. The summed E-state index contributed by atoms with van der Waals surface area (Å²) in [6, 6.07) is 5.95. The van der Waals surface area contributed by atoms with Crippen LogP contribution in [0.2, 0.25) is 0 Å². The molecule has 2 nitrogen and oxygen atoms in total. The van der Waals surface area contributed by atoms with Gasteiger partial charge in [0.1, 0.15) is 5.75 Å². The van der Waals surface area contributed by atoms with Gasteiger partial charge >= 0.3 is 0 Å². The molecule has 1 N–H and O–H groups in total. The molecule has 0 bridgehead atoms. The lowest BCUT2D eigenvalue weighted by Gasteiger charge is -2.09. The third-order valence-corrected chi connectivity index (χ3v) is 2.00. The average molecular weight is 180 g/mol. The van der Waals surface area contributed by atoms with Crippen molar-refractivity contribution in [3.63, 3.8) is 0 Å². The summed E-state index contributed by atoms with van der Waals surface area (Å²) >= 11 is 0. The Kier molecular flexibility index (Phi) is 3.77. The fraction of sp³-hybridized carbons (Fsp3) is 0.455. The molecule has 0 radical (unpaired) electrons. The summed E-state index contributed by atoms with van der Waals surface area (Å²) in [5.41, 5.74) is 2.11. The van der Waals surface area contributed by atoms with E-state index in [1.807, 2.05) is 25.1 Å². The zero-order valence-electron chi connectivity index (χ0n) is 8.21. The van der Waals surface area contributed by atoms with Crippen LogP contribution in [0, 0.1) is 0 Å². The smallest absolute Gasteiger partial charge is 0.124 e. The number of aryl methyl sites for hydroxylation is 1. The molecule has 0 saturated carbocycles. The van der Waals surface area contributed by atoms with Gasteiger partial charge in [0.05, 0.1) is 13.2 Å². The molecular weight excluding hydrogens is 164 g/mol. The van der Waals surface area contributed by atoms with Gasteiger partial charge in [-0.05, 0) is 31.0 Å². The van der Waals surface area contributed by atoms with Crippen molar-refractivity contribution in [1.29, 1.82) is 0 Å². The van der Waals surface area contributed by atoms with Crippen LogP contribution in [0.1, 0.15) is 25.0 Å². The molecule has 0 amide bonds. The van der Waals surface area contributed by atoms with Gasteiger partial charge in [-0.15, -0.1) is 0 Å². The van der Waals surface area contributed by atoms with Crippen LogP contribution in [0.25, 0.3) is 0 Å². The number of benzene rings is 1. The van der Waals surface area contributed by atoms with E-state index in [0.29, 0.717) is 6.61 Å². The topological polar surface area (TPSA) is 29.5 Å². The maximum atomic E-state index is 9.09.